The number of hydrogen-bond acceptors (Lipinski definition) is 3. The van der Waals surface area contributed by atoms with Crippen LogP contribution in [0.3, 0.4) is 0 Å². The zero-order valence-corrected chi connectivity index (χ0v) is 11.6. The molecule has 98 valence electrons. The highest BCUT2D eigenvalue weighted by Gasteiger charge is 2.37. The highest BCUT2D eigenvalue weighted by molar-refractivity contribution is 5.82. The molecule has 3 nitrogen and oxygen atoms in total. The fourth-order valence-corrected chi connectivity index (χ4v) is 2.54. The van der Waals surface area contributed by atoms with Crippen LogP contribution in [0, 0.1) is 5.41 Å². The van der Waals surface area contributed by atoms with E-state index in [1.54, 1.807) is 0 Å². The Kier molecular flexibility index (Phi) is 2.70. The zero-order valence-electron chi connectivity index (χ0n) is 11.6. The summed E-state index contributed by atoms with van der Waals surface area (Å²) in [5.74, 6) is 0. The number of pyridine rings is 1. The lowest BCUT2D eigenvalue weighted by molar-refractivity contribution is 0.351. The standard InChI is InChI=1S/C16H19N3/c1-16(2,3)15-18-13-8-4-5-9-14(13)19(15)12-7-6-10-17-11-12/h4-11,15,18H,1-3H3. The minimum Gasteiger partial charge on any atom is -0.363 e. The Morgan fingerprint density at radius 1 is 1.11 bits per heavy atom. The molecule has 0 fully saturated rings. The quantitative estimate of drug-likeness (QED) is 0.832. The Labute approximate surface area is 114 Å². The molecule has 2 aromatic rings. The Hall–Kier alpha value is -2.03. The van der Waals surface area contributed by atoms with Crippen LogP contribution in [0.2, 0.25) is 0 Å². The van der Waals surface area contributed by atoms with Crippen molar-refractivity contribution in [3.63, 3.8) is 0 Å². The van der Waals surface area contributed by atoms with Crippen molar-refractivity contribution in [2.75, 3.05) is 10.2 Å². The first-order chi connectivity index (χ1) is 9.07. The Morgan fingerprint density at radius 3 is 2.58 bits per heavy atom. The van der Waals surface area contributed by atoms with Crippen LogP contribution in [0.4, 0.5) is 17.1 Å². The monoisotopic (exact) mass is 253 g/mol. The van der Waals surface area contributed by atoms with E-state index in [1.807, 2.05) is 18.5 Å². The summed E-state index contributed by atoms with van der Waals surface area (Å²) in [5, 5.41) is 3.62. The number of benzene rings is 1. The van der Waals surface area contributed by atoms with Crippen LogP contribution in [0.15, 0.2) is 48.8 Å². The van der Waals surface area contributed by atoms with E-state index >= 15 is 0 Å². The van der Waals surface area contributed by atoms with Crippen molar-refractivity contribution in [3.8, 4) is 0 Å². The van der Waals surface area contributed by atoms with Crippen LogP contribution in [0.5, 0.6) is 0 Å². The van der Waals surface area contributed by atoms with Crippen molar-refractivity contribution in [3.05, 3.63) is 48.8 Å². The summed E-state index contributed by atoms with van der Waals surface area (Å²) in [4.78, 5) is 6.58. The van der Waals surface area contributed by atoms with Crippen molar-refractivity contribution in [2.45, 2.75) is 26.9 Å². The SMILES string of the molecule is CC(C)(C)C1Nc2ccccc2N1c1cccnc1. The van der Waals surface area contributed by atoms with Gasteiger partial charge in [0, 0.05) is 11.6 Å². The average molecular weight is 253 g/mol. The van der Waals surface area contributed by atoms with Gasteiger partial charge in [-0.2, -0.15) is 0 Å². The Morgan fingerprint density at radius 2 is 1.89 bits per heavy atom. The molecule has 1 aromatic carbocycles. The molecule has 1 atom stereocenters. The number of rotatable bonds is 1. The van der Waals surface area contributed by atoms with E-state index in [9.17, 15) is 0 Å². The molecule has 1 aromatic heterocycles. The van der Waals surface area contributed by atoms with E-state index in [4.69, 9.17) is 0 Å². The lowest BCUT2D eigenvalue weighted by Gasteiger charge is -2.36. The summed E-state index contributed by atoms with van der Waals surface area (Å²) in [6.45, 7) is 6.75. The van der Waals surface area contributed by atoms with Gasteiger partial charge >= 0.3 is 0 Å². The lowest BCUT2D eigenvalue weighted by atomic mass is 9.91. The minimum absolute atomic E-state index is 0.120. The summed E-state index contributed by atoms with van der Waals surface area (Å²) < 4.78 is 0. The first kappa shape index (κ1) is 12.0. The molecule has 0 saturated carbocycles. The highest BCUT2D eigenvalue weighted by Crippen LogP contribution is 2.44. The highest BCUT2D eigenvalue weighted by atomic mass is 15.3. The number of aromatic nitrogens is 1. The molecule has 0 radical (unpaired) electrons. The number of fused-ring (bicyclic) bond motifs is 1. The van der Waals surface area contributed by atoms with E-state index in [0.29, 0.717) is 0 Å². The maximum absolute atomic E-state index is 4.25. The molecule has 1 aliphatic rings. The molecular formula is C16H19N3. The predicted molar refractivity (Wildman–Crippen MR) is 79.7 cm³/mol. The van der Waals surface area contributed by atoms with E-state index in [0.717, 1.165) is 5.69 Å². The van der Waals surface area contributed by atoms with Crippen molar-refractivity contribution in [1.29, 1.82) is 0 Å². The number of nitrogens with one attached hydrogen (secondary N) is 1. The number of nitrogens with zero attached hydrogens (tertiary/aromatic N) is 2. The predicted octanol–water partition coefficient (Wildman–Crippen LogP) is 4.02. The van der Waals surface area contributed by atoms with Crippen molar-refractivity contribution < 1.29 is 0 Å². The van der Waals surface area contributed by atoms with Crippen LogP contribution in [0.25, 0.3) is 0 Å². The molecule has 1 aliphatic heterocycles. The van der Waals surface area contributed by atoms with Gasteiger partial charge in [0.25, 0.3) is 0 Å². The Balaban J connectivity index is 2.11. The van der Waals surface area contributed by atoms with Gasteiger partial charge in [-0.05, 0) is 24.3 Å². The second-order valence-electron chi connectivity index (χ2n) is 6.01. The van der Waals surface area contributed by atoms with Gasteiger partial charge in [-0.15, -0.1) is 0 Å². The van der Waals surface area contributed by atoms with Crippen LogP contribution >= 0.6 is 0 Å². The summed E-state index contributed by atoms with van der Waals surface area (Å²) in [6, 6.07) is 12.5. The van der Waals surface area contributed by atoms with Gasteiger partial charge in [0.2, 0.25) is 0 Å². The van der Waals surface area contributed by atoms with E-state index < -0.39 is 0 Å². The maximum atomic E-state index is 4.25. The van der Waals surface area contributed by atoms with Gasteiger partial charge in [0.05, 0.1) is 23.3 Å². The first-order valence-electron chi connectivity index (χ1n) is 6.62. The molecule has 3 heteroatoms. The maximum Gasteiger partial charge on any atom is 0.109 e. The van der Waals surface area contributed by atoms with Gasteiger partial charge in [-0.25, -0.2) is 0 Å². The third-order valence-corrected chi connectivity index (χ3v) is 3.46. The third kappa shape index (κ3) is 2.05. The molecule has 1 unspecified atom stereocenters. The van der Waals surface area contributed by atoms with Gasteiger partial charge in [0.15, 0.2) is 0 Å². The lowest BCUT2D eigenvalue weighted by Crippen LogP contribution is -2.42. The zero-order chi connectivity index (χ0) is 13.5. The van der Waals surface area contributed by atoms with Crippen LogP contribution in [-0.2, 0) is 0 Å². The average Bonchev–Trinajstić information content (AvgIpc) is 2.79. The second kappa shape index (κ2) is 4.26. The normalized spacial score (nSPS) is 18.1. The molecule has 0 spiro atoms. The van der Waals surface area contributed by atoms with Crippen LogP contribution in [0.1, 0.15) is 20.8 Å². The molecule has 0 aliphatic carbocycles. The van der Waals surface area contributed by atoms with Gasteiger partial charge in [0.1, 0.15) is 6.17 Å². The summed E-state index contributed by atoms with van der Waals surface area (Å²) in [7, 11) is 0. The minimum atomic E-state index is 0.120. The summed E-state index contributed by atoms with van der Waals surface area (Å²) in [6.07, 6.45) is 3.96. The summed E-state index contributed by atoms with van der Waals surface area (Å²) >= 11 is 0. The van der Waals surface area contributed by atoms with Gasteiger partial charge < -0.3 is 10.2 Å². The van der Waals surface area contributed by atoms with E-state index in [-0.39, 0.29) is 11.6 Å². The molecule has 0 amide bonds. The molecular weight excluding hydrogens is 234 g/mol. The number of para-hydroxylation sites is 2. The van der Waals surface area contributed by atoms with Crippen LogP contribution < -0.4 is 10.2 Å². The molecule has 3 rings (SSSR count). The molecule has 0 bridgehead atoms. The molecule has 19 heavy (non-hydrogen) atoms. The van der Waals surface area contributed by atoms with Gasteiger partial charge in [-0.3, -0.25) is 4.98 Å². The first-order valence-corrected chi connectivity index (χ1v) is 6.62. The van der Waals surface area contributed by atoms with Crippen LogP contribution in [-0.4, -0.2) is 11.1 Å². The smallest absolute Gasteiger partial charge is 0.109 e. The number of anilines is 3. The third-order valence-electron chi connectivity index (χ3n) is 3.46. The van der Waals surface area contributed by atoms with E-state index in [2.05, 4.69) is 66.3 Å². The topological polar surface area (TPSA) is 28.2 Å². The largest absolute Gasteiger partial charge is 0.363 e. The van der Waals surface area contributed by atoms with Crippen molar-refractivity contribution in [2.24, 2.45) is 5.41 Å². The van der Waals surface area contributed by atoms with Crippen molar-refractivity contribution in [1.82, 2.24) is 4.98 Å². The van der Waals surface area contributed by atoms with E-state index in [1.165, 1.54) is 11.4 Å². The Bertz CT molecular complexity index is 572. The fourth-order valence-electron chi connectivity index (χ4n) is 2.54. The van der Waals surface area contributed by atoms with Crippen molar-refractivity contribution >= 4 is 17.1 Å². The number of hydrogen-bond donors (Lipinski definition) is 1. The fraction of sp³-hybridized carbons (Fsp3) is 0.312. The molecule has 0 saturated heterocycles. The molecule has 1 N–H and O–H groups in total. The summed E-state index contributed by atoms with van der Waals surface area (Å²) in [5.41, 5.74) is 3.65. The molecule has 2 heterocycles. The van der Waals surface area contributed by atoms with Gasteiger partial charge in [-0.1, -0.05) is 32.9 Å². The second-order valence-corrected chi connectivity index (χ2v) is 6.01.